The molecule has 0 aromatic rings. The molecule has 0 radical (unpaired) electrons. The van der Waals surface area contributed by atoms with Crippen molar-refractivity contribution >= 4 is 17.7 Å². The number of ether oxygens (including phenoxy) is 1. The van der Waals surface area contributed by atoms with E-state index in [4.69, 9.17) is 10.5 Å². The molecule has 1 fully saturated rings. The summed E-state index contributed by atoms with van der Waals surface area (Å²) in [6.07, 6.45) is 3.04. The van der Waals surface area contributed by atoms with Crippen LogP contribution in [0.4, 0.5) is 0 Å². The van der Waals surface area contributed by atoms with Crippen LogP contribution in [-0.2, 0) is 9.53 Å². The fourth-order valence-electron chi connectivity index (χ4n) is 1.83. The average molecular weight is 262 g/mol. The fourth-order valence-corrected chi connectivity index (χ4v) is 2.55. The van der Waals surface area contributed by atoms with E-state index in [1.165, 1.54) is 0 Å². The first-order chi connectivity index (χ1) is 7.98. The van der Waals surface area contributed by atoms with Gasteiger partial charge in [-0.3, -0.25) is 4.79 Å². The highest BCUT2D eigenvalue weighted by Crippen LogP contribution is 2.19. The third kappa shape index (κ3) is 4.83. The van der Waals surface area contributed by atoms with Gasteiger partial charge in [-0.15, -0.1) is 0 Å². The molecule has 0 saturated carbocycles. The van der Waals surface area contributed by atoms with Gasteiger partial charge >= 0.3 is 0 Å². The van der Waals surface area contributed by atoms with Crippen molar-refractivity contribution in [3.05, 3.63) is 0 Å². The summed E-state index contributed by atoms with van der Waals surface area (Å²) in [6, 6.07) is 0. The van der Waals surface area contributed by atoms with Crippen LogP contribution in [0.2, 0.25) is 0 Å². The van der Waals surface area contributed by atoms with Gasteiger partial charge in [-0.25, -0.2) is 0 Å². The number of carbonyl (C=O) groups is 1. The Balaban J connectivity index is 2.30. The largest absolute Gasteiger partial charge is 0.387 e. The Morgan fingerprint density at radius 3 is 2.88 bits per heavy atom. The smallest absolute Gasteiger partial charge is 0.249 e. The van der Waals surface area contributed by atoms with Crippen molar-refractivity contribution in [2.24, 2.45) is 5.73 Å². The van der Waals surface area contributed by atoms with Crippen LogP contribution in [0.25, 0.3) is 0 Å². The Morgan fingerprint density at radius 1 is 1.65 bits per heavy atom. The zero-order valence-electron chi connectivity index (χ0n) is 10.4. The highest BCUT2D eigenvalue weighted by Gasteiger charge is 2.31. The molecule has 1 aliphatic rings. The highest BCUT2D eigenvalue weighted by atomic mass is 32.2. The van der Waals surface area contributed by atoms with Crippen molar-refractivity contribution in [2.75, 3.05) is 25.1 Å². The van der Waals surface area contributed by atoms with Crippen LogP contribution in [0.15, 0.2) is 0 Å². The minimum absolute atomic E-state index is 0.00235. The van der Waals surface area contributed by atoms with Gasteiger partial charge in [-0.05, 0) is 26.0 Å². The maximum Gasteiger partial charge on any atom is 0.249 e. The van der Waals surface area contributed by atoms with Crippen molar-refractivity contribution in [3.63, 3.8) is 0 Å². The number of nitrogens with two attached hydrogens (primary N) is 1. The van der Waals surface area contributed by atoms with Crippen molar-refractivity contribution in [3.8, 4) is 0 Å². The Labute approximate surface area is 106 Å². The molecule has 0 aliphatic carbocycles. The van der Waals surface area contributed by atoms with E-state index in [2.05, 4.69) is 5.32 Å². The van der Waals surface area contributed by atoms with Crippen molar-refractivity contribution in [1.29, 1.82) is 0 Å². The summed E-state index contributed by atoms with van der Waals surface area (Å²) in [7, 11) is 0. The average Bonchev–Trinajstić information content (AvgIpc) is 2.74. The first kappa shape index (κ1) is 14.8. The van der Waals surface area contributed by atoms with E-state index in [-0.39, 0.29) is 18.6 Å². The van der Waals surface area contributed by atoms with Gasteiger partial charge in [0, 0.05) is 18.8 Å². The number of amides is 1. The molecule has 1 aliphatic heterocycles. The fraction of sp³-hybridized carbons (Fsp3) is 0.909. The lowest BCUT2D eigenvalue weighted by atomic mass is 10.1. The lowest BCUT2D eigenvalue weighted by Crippen LogP contribution is -2.45. The van der Waals surface area contributed by atoms with Crippen molar-refractivity contribution in [1.82, 2.24) is 5.32 Å². The van der Waals surface area contributed by atoms with E-state index < -0.39 is 11.7 Å². The monoisotopic (exact) mass is 262 g/mol. The summed E-state index contributed by atoms with van der Waals surface area (Å²) in [5.74, 6) is 0.437. The van der Waals surface area contributed by atoms with Gasteiger partial charge < -0.3 is 20.9 Å². The topological polar surface area (TPSA) is 84.6 Å². The molecule has 6 heteroatoms. The maximum absolute atomic E-state index is 11.8. The molecule has 1 rings (SSSR count). The second kappa shape index (κ2) is 6.58. The molecular weight excluding hydrogens is 240 g/mol. The van der Waals surface area contributed by atoms with Gasteiger partial charge in [0.2, 0.25) is 5.91 Å². The molecule has 4 N–H and O–H groups in total. The number of hydrogen-bond acceptors (Lipinski definition) is 5. The van der Waals surface area contributed by atoms with Crippen LogP contribution in [0, 0.1) is 0 Å². The normalized spacial score (nSPS) is 27.8. The molecule has 1 heterocycles. The molecule has 1 amide bonds. The van der Waals surface area contributed by atoms with Gasteiger partial charge in [-0.2, -0.15) is 11.8 Å². The Kier molecular flexibility index (Phi) is 5.72. The first-order valence-corrected chi connectivity index (χ1v) is 7.22. The third-order valence-electron chi connectivity index (χ3n) is 2.76. The second-order valence-electron chi connectivity index (χ2n) is 4.71. The molecule has 0 spiro atoms. The SMILES string of the molecule is CSCC(C)(O)CNC(=O)C1CCC(CN)O1. The molecule has 0 aromatic carbocycles. The van der Waals surface area contributed by atoms with Gasteiger partial charge in [0.15, 0.2) is 0 Å². The Hall–Kier alpha value is -0.300. The maximum atomic E-state index is 11.8. The minimum Gasteiger partial charge on any atom is -0.387 e. The molecule has 17 heavy (non-hydrogen) atoms. The van der Waals surface area contributed by atoms with E-state index >= 15 is 0 Å². The van der Waals surface area contributed by atoms with Crippen LogP contribution < -0.4 is 11.1 Å². The number of aliphatic hydroxyl groups is 1. The van der Waals surface area contributed by atoms with Gasteiger partial charge in [0.1, 0.15) is 6.10 Å². The molecule has 0 aromatic heterocycles. The number of nitrogens with one attached hydrogen (secondary N) is 1. The zero-order chi connectivity index (χ0) is 12.9. The number of carbonyl (C=O) groups excluding carboxylic acids is 1. The molecule has 0 bridgehead atoms. The van der Waals surface area contributed by atoms with Gasteiger partial charge in [0.05, 0.1) is 11.7 Å². The lowest BCUT2D eigenvalue weighted by Gasteiger charge is -2.23. The summed E-state index contributed by atoms with van der Waals surface area (Å²) in [5, 5.41) is 12.6. The summed E-state index contributed by atoms with van der Waals surface area (Å²) >= 11 is 1.55. The molecule has 1 saturated heterocycles. The Morgan fingerprint density at radius 2 is 2.35 bits per heavy atom. The number of thioether (sulfide) groups is 1. The summed E-state index contributed by atoms with van der Waals surface area (Å²) in [5.41, 5.74) is 4.61. The summed E-state index contributed by atoms with van der Waals surface area (Å²) in [6.45, 7) is 2.41. The summed E-state index contributed by atoms with van der Waals surface area (Å²) in [4.78, 5) is 11.8. The van der Waals surface area contributed by atoms with E-state index in [0.29, 0.717) is 18.7 Å². The van der Waals surface area contributed by atoms with Gasteiger partial charge in [-0.1, -0.05) is 0 Å². The number of hydrogen-bond donors (Lipinski definition) is 3. The minimum atomic E-state index is -0.874. The molecule has 100 valence electrons. The van der Waals surface area contributed by atoms with Gasteiger partial charge in [0.25, 0.3) is 0 Å². The van der Waals surface area contributed by atoms with E-state index in [0.717, 1.165) is 6.42 Å². The van der Waals surface area contributed by atoms with Crippen LogP contribution in [-0.4, -0.2) is 53.9 Å². The highest BCUT2D eigenvalue weighted by molar-refractivity contribution is 7.98. The number of rotatable bonds is 6. The molecule has 5 nitrogen and oxygen atoms in total. The van der Waals surface area contributed by atoms with Crippen LogP contribution in [0.1, 0.15) is 19.8 Å². The van der Waals surface area contributed by atoms with E-state index in [1.807, 2.05) is 6.26 Å². The quantitative estimate of drug-likeness (QED) is 0.613. The summed E-state index contributed by atoms with van der Waals surface area (Å²) < 4.78 is 5.47. The van der Waals surface area contributed by atoms with Crippen molar-refractivity contribution in [2.45, 2.75) is 37.6 Å². The Bertz CT molecular complexity index is 261. The van der Waals surface area contributed by atoms with Crippen LogP contribution >= 0.6 is 11.8 Å². The molecular formula is C11H22N2O3S. The molecule has 3 unspecified atom stereocenters. The zero-order valence-corrected chi connectivity index (χ0v) is 11.3. The lowest BCUT2D eigenvalue weighted by molar-refractivity contribution is -0.132. The van der Waals surface area contributed by atoms with Crippen LogP contribution in [0.3, 0.4) is 0 Å². The van der Waals surface area contributed by atoms with Crippen molar-refractivity contribution < 1.29 is 14.6 Å². The second-order valence-corrected chi connectivity index (χ2v) is 5.57. The molecule has 3 atom stereocenters. The predicted octanol–water partition coefficient (Wildman–Crippen LogP) is -0.277. The van der Waals surface area contributed by atoms with E-state index in [1.54, 1.807) is 18.7 Å². The third-order valence-corrected chi connectivity index (χ3v) is 3.67. The first-order valence-electron chi connectivity index (χ1n) is 5.83. The van der Waals surface area contributed by atoms with E-state index in [9.17, 15) is 9.90 Å². The van der Waals surface area contributed by atoms with Crippen LogP contribution in [0.5, 0.6) is 0 Å². The predicted molar refractivity (Wildman–Crippen MR) is 69.0 cm³/mol. The standard InChI is InChI=1S/C11H22N2O3S/c1-11(15,7-17-2)6-13-10(14)9-4-3-8(5-12)16-9/h8-9,15H,3-7,12H2,1-2H3,(H,13,14).